The van der Waals surface area contributed by atoms with E-state index in [0.29, 0.717) is 11.1 Å². The summed E-state index contributed by atoms with van der Waals surface area (Å²) in [6, 6.07) is 5.05. The number of rotatable bonds is 2. The Hall–Kier alpha value is -1.68. The van der Waals surface area contributed by atoms with Gasteiger partial charge in [0.25, 0.3) is 0 Å². The van der Waals surface area contributed by atoms with Crippen molar-refractivity contribution >= 4 is 0 Å². The number of halogens is 1. The van der Waals surface area contributed by atoms with Crippen LogP contribution in [0.3, 0.4) is 0 Å². The van der Waals surface area contributed by atoms with Gasteiger partial charge in [-0.05, 0) is 51.5 Å². The monoisotopic (exact) mass is 248 g/mol. The molecule has 0 bridgehead atoms. The standard InChI is InChI=1S/C14H17FN2O/c1-8-5-14(12(11(4)18)7-13(8)15)17-10(3)6-9(2)16-17/h5-7,11,18H,1-4H3. The Labute approximate surface area is 106 Å². The third-order valence-electron chi connectivity index (χ3n) is 3.00. The third-order valence-corrected chi connectivity index (χ3v) is 3.00. The normalized spacial score (nSPS) is 12.8. The van der Waals surface area contributed by atoms with Gasteiger partial charge < -0.3 is 5.11 Å². The zero-order valence-corrected chi connectivity index (χ0v) is 11.0. The molecule has 0 amide bonds. The Balaban J connectivity index is 2.69. The van der Waals surface area contributed by atoms with Crippen LogP contribution >= 0.6 is 0 Å². The highest BCUT2D eigenvalue weighted by Gasteiger charge is 2.15. The van der Waals surface area contributed by atoms with E-state index in [4.69, 9.17) is 0 Å². The zero-order valence-electron chi connectivity index (χ0n) is 11.0. The summed E-state index contributed by atoms with van der Waals surface area (Å²) in [6.07, 6.45) is -0.737. The second kappa shape index (κ2) is 4.53. The van der Waals surface area contributed by atoms with Gasteiger partial charge in [0.15, 0.2) is 0 Å². The molecule has 1 unspecified atom stereocenters. The lowest BCUT2D eigenvalue weighted by Gasteiger charge is -2.15. The van der Waals surface area contributed by atoms with E-state index < -0.39 is 6.10 Å². The molecule has 1 N–H and O–H groups in total. The van der Waals surface area contributed by atoms with Crippen LogP contribution in [0.4, 0.5) is 4.39 Å². The van der Waals surface area contributed by atoms with Crippen molar-refractivity contribution in [1.82, 2.24) is 9.78 Å². The second-order valence-corrected chi connectivity index (χ2v) is 4.68. The quantitative estimate of drug-likeness (QED) is 0.887. The highest BCUT2D eigenvalue weighted by Crippen LogP contribution is 2.25. The van der Waals surface area contributed by atoms with Crippen molar-refractivity contribution < 1.29 is 9.50 Å². The van der Waals surface area contributed by atoms with Gasteiger partial charge in [-0.15, -0.1) is 0 Å². The summed E-state index contributed by atoms with van der Waals surface area (Å²) in [5.41, 5.74) is 3.67. The second-order valence-electron chi connectivity index (χ2n) is 4.68. The Bertz CT molecular complexity index is 588. The summed E-state index contributed by atoms with van der Waals surface area (Å²) in [5, 5.41) is 14.1. The van der Waals surface area contributed by atoms with E-state index in [1.807, 2.05) is 19.9 Å². The molecule has 4 heteroatoms. The van der Waals surface area contributed by atoms with E-state index in [-0.39, 0.29) is 5.82 Å². The number of hydrogen-bond donors (Lipinski definition) is 1. The molecule has 0 aliphatic heterocycles. The summed E-state index contributed by atoms with van der Waals surface area (Å²) >= 11 is 0. The first-order valence-corrected chi connectivity index (χ1v) is 5.92. The lowest BCUT2D eigenvalue weighted by Crippen LogP contribution is -2.07. The lowest BCUT2D eigenvalue weighted by atomic mass is 10.0. The average Bonchev–Trinajstić information content (AvgIpc) is 2.61. The van der Waals surface area contributed by atoms with E-state index in [1.165, 1.54) is 6.07 Å². The van der Waals surface area contributed by atoms with E-state index in [2.05, 4.69) is 5.10 Å². The molecular weight excluding hydrogens is 231 g/mol. The van der Waals surface area contributed by atoms with Crippen molar-refractivity contribution in [2.45, 2.75) is 33.8 Å². The third kappa shape index (κ3) is 2.16. The Morgan fingerprint density at radius 1 is 1.22 bits per heavy atom. The van der Waals surface area contributed by atoms with Crippen molar-refractivity contribution in [1.29, 1.82) is 0 Å². The smallest absolute Gasteiger partial charge is 0.126 e. The zero-order chi connectivity index (χ0) is 13.4. The molecule has 3 nitrogen and oxygen atoms in total. The van der Waals surface area contributed by atoms with E-state index >= 15 is 0 Å². The number of benzene rings is 1. The first-order valence-electron chi connectivity index (χ1n) is 5.92. The first kappa shape index (κ1) is 12.8. The maximum Gasteiger partial charge on any atom is 0.126 e. The van der Waals surface area contributed by atoms with Crippen molar-refractivity contribution in [3.8, 4) is 5.69 Å². The fourth-order valence-corrected chi connectivity index (χ4v) is 2.07. The maximum absolute atomic E-state index is 13.6. The SMILES string of the molecule is Cc1cc(C)n(-c2cc(C)c(F)cc2C(C)O)n1. The molecule has 0 radical (unpaired) electrons. The fourth-order valence-electron chi connectivity index (χ4n) is 2.07. The molecule has 0 spiro atoms. The first-order chi connectivity index (χ1) is 8.40. The van der Waals surface area contributed by atoms with Gasteiger partial charge in [-0.1, -0.05) is 0 Å². The van der Waals surface area contributed by atoms with Gasteiger partial charge >= 0.3 is 0 Å². The van der Waals surface area contributed by atoms with E-state index in [0.717, 1.165) is 17.1 Å². The molecule has 0 aliphatic carbocycles. The summed E-state index contributed by atoms with van der Waals surface area (Å²) in [6.45, 7) is 7.17. The van der Waals surface area contributed by atoms with Gasteiger partial charge in [-0.3, -0.25) is 0 Å². The number of nitrogens with zero attached hydrogens (tertiary/aromatic N) is 2. The van der Waals surface area contributed by atoms with Crippen LogP contribution in [0.15, 0.2) is 18.2 Å². The number of aliphatic hydroxyl groups is 1. The van der Waals surface area contributed by atoms with Gasteiger partial charge in [-0.2, -0.15) is 5.10 Å². The van der Waals surface area contributed by atoms with Crippen molar-refractivity contribution in [2.75, 3.05) is 0 Å². The molecule has 1 aromatic heterocycles. The van der Waals surface area contributed by atoms with Crippen LogP contribution in [0.25, 0.3) is 5.69 Å². The van der Waals surface area contributed by atoms with Crippen LogP contribution < -0.4 is 0 Å². The van der Waals surface area contributed by atoms with E-state index in [9.17, 15) is 9.50 Å². The van der Waals surface area contributed by atoms with Gasteiger partial charge in [0.05, 0.1) is 17.5 Å². The molecule has 2 rings (SSSR count). The molecule has 0 saturated carbocycles. The topological polar surface area (TPSA) is 38.0 Å². The van der Waals surface area contributed by atoms with Crippen LogP contribution in [-0.2, 0) is 0 Å². The Morgan fingerprint density at radius 2 is 1.89 bits per heavy atom. The highest BCUT2D eigenvalue weighted by atomic mass is 19.1. The summed E-state index contributed by atoms with van der Waals surface area (Å²) < 4.78 is 15.3. The average molecular weight is 248 g/mol. The molecule has 0 fully saturated rings. The van der Waals surface area contributed by atoms with Crippen LogP contribution in [0, 0.1) is 26.6 Å². The fraction of sp³-hybridized carbons (Fsp3) is 0.357. The van der Waals surface area contributed by atoms with Crippen LogP contribution in [0.5, 0.6) is 0 Å². The maximum atomic E-state index is 13.6. The van der Waals surface area contributed by atoms with Crippen molar-refractivity contribution in [3.63, 3.8) is 0 Å². The minimum atomic E-state index is -0.737. The molecular formula is C14H17FN2O. The molecule has 18 heavy (non-hydrogen) atoms. The molecule has 2 aromatic rings. The predicted molar refractivity (Wildman–Crippen MR) is 68.4 cm³/mol. The number of aromatic nitrogens is 2. The predicted octanol–water partition coefficient (Wildman–Crippen LogP) is 2.99. The Kier molecular flexibility index (Phi) is 3.22. The highest BCUT2D eigenvalue weighted by molar-refractivity contribution is 5.46. The van der Waals surface area contributed by atoms with Crippen LogP contribution in [-0.4, -0.2) is 14.9 Å². The minimum absolute atomic E-state index is 0.309. The largest absolute Gasteiger partial charge is 0.389 e. The summed E-state index contributed by atoms with van der Waals surface area (Å²) in [5.74, 6) is -0.309. The summed E-state index contributed by atoms with van der Waals surface area (Å²) in [4.78, 5) is 0. The van der Waals surface area contributed by atoms with Crippen LogP contribution in [0.2, 0.25) is 0 Å². The molecule has 1 atom stereocenters. The van der Waals surface area contributed by atoms with Gasteiger partial charge in [0.1, 0.15) is 5.82 Å². The number of aryl methyl sites for hydroxylation is 3. The van der Waals surface area contributed by atoms with Gasteiger partial charge in [0.2, 0.25) is 0 Å². The van der Waals surface area contributed by atoms with E-state index in [1.54, 1.807) is 24.6 Å². The molecule has 0 saturated heterocycles. The van der Waals surface area contributed by atoms with Gasteiger partial charge in [-0.25, -0.2) is 9.07 Å². The molecule has 96 valence electrons. The number of hydrogen-bond acceptors (Lipinski definition) is 2. The molecule has 1 aromatic carbocycles. The Morgan fingerprint density at radius 3 is 2.39 bits per heavy atom. The summed E-state index contributed by atoms with van der Waals surface area (Å²) in [7, 11) is 0. The van der Waals surface area contributed by atoms with Crippen molar-refractivity contribution in [3.05, 3.63) is 46.5 Å². The van der Waals surface area contributed by atoms with Crippen LogP contribution in [0.1, 0.15) is 35.5 Å². The lowest BCUT2D eigenvalue weighted by molar-refractivity contribution is 0.198. The minimum Gasteiger partial charge on any atom is -0.389 e. The number of aliphatic hydroxyl groups excluding tert-OH is 1. The molecule has 0 aliphatic rings. The van der Waals surface area contributed by atoms with Crippen molar-refractivity contribution in [2.24, 2.45) is 0 Å². The van der Waals surface area contributed by atoms with Gasteiger partial charge in [0, 0.05) is 11.3 Å². The molecule has 1 heterocycles.